The Bertz CT molecular complexity index is 559. The number of aryl methyl sites for hydroxylation is 2. The zero-order valence-electron chi connectivity index (χ0n) is 13.2. The van der Waals surface area contributed by atoms with Crippen LogP contribution in [0.4, 0.5) is 0 Å². The Morgan fingerprint density at radius 2 is 2.18 bits per heavy atom. The van der Waals surface area contributed by atoms with Crippen LogP contribution in [0.2, 0.25) is 0 Å². The molecule has 2 heterocycles. The summed E-state index contributed by atoms with van der Waals surface area (Å²) in [6, 6.07) is 1.92. The molecule has 0 unspecified atom stereocenters. The monoisotopic (exact) mass is 434 g/mol. The molecule has 0 aromatic carbocycles. The van der Waals surface area contributed by atoms with Crippen molar-refractivity contribution in [1.29, 1.82) is 0 Å². The predicted octanol–water partition coefficient (Wildman–Crippen LogP) is 2.33. The van der Waals surface area contributed by atoms with Crippen LogP contribution >= 0.6 is 35.3 Å². The van der Waals surface area contributed by atoms with Crippen LogP contribution in [0.1, 0.15) is 22.5 Å². The highest BCUT2D eigenvalue weighted by atomic mass is 127. The van der Waals surface area contributed by atoms with Crippen LogP contribution in [0.5, 0.6) is 0 Å². The Kier molecular flexibility index (Phi) is 8.39. The lowest BCUT2D eigenvalue weighted by Gasteiger charge is -2.10. The number of hydrogen-bond acceptors (Lipinski definition) is 4. The van der Waals surface area contributed by atoms with Gasteiger partial charge in [-0.05, 0) is 26.8 Å². The molecule has 8 heteroatoms. The Hall–Kier alpha value is -1.16. The highest BCUT2D eigenvalue weighted by molar-refractivity contribution is 14.0. The third-order valence-electron chi connectivity index (χ3n) is 2.98. The molecule has 122 valence electrons. The molecular formula is C14H23IN6S. The van der Waals surface area contributed by atoms with Crippen molar-refractivity contribution in [3.05, 3.63) is 34.0 Å². The average Bonchev–Trinajstić information content (AvgIpc) is 3.07. The maximum Gasteiger partial charge on any atom is 0.191 e. The zero-order valence-corrected chi connectivity index (χ0v) is 16.3. The molecule has 0 aliphatic rings. The van der Waals surface area contributed by atoms with E-state index in [4.69, 9.17) is 0 Å². The highest BCUT2D eigenvalue weighted by Gasteiger charge is 2.03. The van der Waals surface area contributed by atoms with Crippen molar-refractivity contribution in [1.82, 2.24) is 25.4 Å². The second-order valence-corrected chi connectivity index (χ2v) is 5.93. The third kappa shape index (κ3) is 5.91. The second-order valence-electron chi connectivity index (χ2n) is 4.64. The maximum atomic E-state index is 4.57. The fourth-order valence-electron chi connectivity index (χ4n) is 1.82. The molecule has 0 saturated carbocycles. The largest absolute Gasteiger partial charge is 0.357 e. The van der Waals surface area contributed by atoms with Crippen LogP contribution in [-0.2, 0) is 13.1 Å². The van der Waals surface area contributed by atoms with Gasteiger partial charge in [-0.25, -0.2) is 9.98 Å². The average molecular weight is 434 g/mol. The first kappa shape index (κ1) is 18.9. The Morgan fingerprint density at radius 3 is 2.77 bits per heavy atom. The minimum atomic E-state index is 0. The first-order chi connectivity index (χ1) is 10.2. The molecular weight excluding hydrogens is 411 g/mol. The first-order valence-corrected chi connectivity index (χ1v) is 7.93. The first-order valence-electron chi connectivity index (χ1n) is 7.11. The van der Waals surface area contributed by atoms with Gasteiger partial charge in [0.05, 0.1) is 18.8 Å². The minimum Gasteiger partial charge on any atom is -0.357 e. The summed E-state index contributed by atoms with van der Waals surface area (Å²) in [5.41, 5.74) is 1.10. The van der Waals surface area contributed by atoms with Gasteiger partial charge in [0.2, 0.25) is 0 Å². The smallest absolute Gasteiger partial charge is 0.191 e. The summed E-state index contributed by atoms with van der Waals surface area (Å²) in [6.45, 7) is 9.22. The van der Waals surface area contributed by atoms with E-state index >= 15 is 0 Å². The lowest BCUT2D eigenvalue weighted by atomic mass is 10.4. The molecule has 0 amide bonds. The number of aliphatic imine (C=N–C) groups is 1. The van der Waals surface area contributed by atoms with E-state index in [1.165, 1.54) is 4.88 Å². The number of thiazole rings is 1. The molecule has 0 aliphatic heterocycles. The van der Waals surface area contributed by atoms with Gasteiger partial charge in [-0.15, -0.1) is 35.3 Å². The van der Waals surface area contributed by atoms with Gasteiger partial charge in [-0.2, -0.15) is 5.10 Å². The molecule has 0 bridgehead atoms. The summed E-state index contributed by atoms with van der Waals surface area (Å²) in [4.78, 5) is 10.3. The van der Waals surface area contributed by atoms with E-state index in [9.17, 15) is 0 Å². The van der Waals surface area contributed by atoms with Gasteiger partial charge in [0.25, 0.3) is 0 Å². The molecule has 0 saturated heterocycles. The van der Waals surface area contributed by atoms with Gasteiger partial charge in [0.15, 0.2) is 5.96 Å². The summed E-state index contributed by atoms with van der Waals surface area (Å²) in [5, 5.41) is 11.8. The number of nitrogens with one attached hydrogen (secondary N) is 2. The van der Waals surface area contributed by atoms with Gasteiger partial charge in [0.1, 0.15) is 5.01 Å². The number of rotatable bonds is 6. The zero-order chi connectivity index (χ0) is 15.1. The number of halogens is 1. The molecule has 2 N–H and O–H groups in total. The number of nitrogens with zero attached hydrogens (tertiary/aromatic N) is 4. The predicted molar refractivity (Wildman–Crippen MR) is 102 cm³/mol. The SMILES string of the molecule is CCNC(=NCc1nc(C)c(C)s1)NCCn1cccn1.I. The topological polar surface area (TPSA) is 67.1 Å². The summed E-state index contributed by atoms with van der Waals surface area (Å²) < 4.78 is 1.89. The van der Waals surface area contributed by atoms with E-state index in [1.54, 1.807) is 17.5 Å². The molecule has 2 aromatic rings. The highest BCUT2D eigenvalue weighted by Crippen LogP contribution is 2.16. The fourth-order valence-corrected chi connectivity index (χ4v) is 2.68. The lowest BCUT2D eigenvalue weighted by molar-refractivity contribution is 0.598. The van der Waals surface area contributed by atoms with Crippen molar-refractivity contribution < 1.29 is 0 Å². The molecule has 0 atom stereocenters. The van der Waals surface area contributed by atoms with E-state index in [0.717, 1.165) is 36.3 Å². The normalized spacial score (nSPS) is 11.1. The minimum absolute atomic E-state index is 0. The molecule has 2 aromatic heterocycles. The molecule has 22 heavy (non-hydrogen) atoms. The van der Waals surface area contributed by atoms with Crippen LogP contribution in [0, 0.1) is 13.8 Å². The number of guanidine groups is 1. The van der Waals surface area contributed by atoms with Crippen LogP contribution in [-0.4, -0.2) is 33.8 Å². The lowest BCUT2D eigenvalue weighted by Crippen LogP contribution is -2.38. The van der Waals surface area contributed by atoms with E-state index in [1.807, 2.05) is 23.9 Å². The molecule has 2 rings (SSSR count). The standard InChI is InChI=1S/C14H22N6S.HI/c1-4-15-14(16-7-9-20-8-5-6-18-20)17-10-13-19-11(2)12(3)21-13;/h5-6,8H,4,7,9-10H2,1-3H3,(H2,15,16,17);1H. The molecule has 0 fully saturated rings. The van der Waals surface area contributed by atoms with Crippen molar-refractivity contribution in [2.75, 3.05) is 13.1 Å². The molecule has 0 spiro atoms. The second kappa shape index (κ2) is 9.78. The van der Waals surface area contributed by atoms with Crippen molar-refractivity contribution >= 4 is 41.3 Å². The molecule has 6 nitrogen and oxygen atoms in total. The fraction of sp³-hybridized carbons (Fsp3) is 0.500. The van der Waals surface area contributed by atoms with Gasteiger partial charge in [-0.1, -0.05) is 0 Å². The quantitative estimate of drug-likeness (QED) is 0.416. The molecule has 0 aliphatic carbocycles. The summed E-state index contributed by atoms with van der Waals surface area (Å²) in [6.07, 6.45) is 3.74. The van der Waals surface area contributed by atoms with Crippen molar-refractivity contribution in [3.63, 3.8) is 0 Å². The van der Waals surface area contributed by atoms with Crippen LogP contribution in [0.15, 0.2) is 23.5 Å². The summed E-state index contributed by atoms with van der Waals surface area (Å²) >= 11 is 1.71. The van der Waals surface area contributed by atoms with E-state index in [2.05, 4.69) is 39.6 Å². The van der Waals surface area contributed by atoms with Crippen LogP contribution in [0.25, 0.3) is 0 Å². The van der Waals surface area contributed by atoms with E-state index in [-0.39, 0.29) is 24.0 Å². The van der Waals surface area contributed by atoms with Crippen molar-refractivity contribution in [2.24, 2.45) is 4.99 Å². The van der Waals surface area contributed by atoms with E-state index < -0.39 is 0 Å². The Balaban J connectivity index is 0.00000242. The van der Waals surface area contributed by atoms with Crippen LogP contribution in [0.3, 0.4) is 0 Å². The summed E-state index contributed by atoms with van der Waals surface area (Å²) in [7, 11) is 0. The number of aromatic nitrogens is 3. The van der Waals surface area contributed by atoms with Crippen molar-refractivity contribution in [2.45, 2.75) is 33.9 Å². The van der Waals surface area contributed by atoms with Crippen LogP contribution < -0.4 is 10.6 Å². The molecule has 0 radical (unpaired) electrons. The maximum absolute atomic E-state index is 4.57. The third-order valence-corrected chi connectivity index (χ3v) is 4.04. The van der Waals surface area contributed by atoms with Gasteiger partial charge < -0.3 is 10.6 Å². The van der Waals surface area contributed by atoms with Gasteiger partial charge in [-0.3, -0.25) is 4.68 Å². The summed E-state index contributed by atoms with van der Waals surface area (Å²) in [5.74, 6) is 0.815. The Labute approximate surface area is 152 Å². The Morgan fingerprint density at radius 1 is 1.36 bits per heavy atom. The number of hydrogen-bond donors (Lipinski definition) is 2. The van der Waals surface area contributed by atoms with E-state index in [0.29, 0.717) is 6.54 Å². The van der Waals surface area contributed by atoms with Gasteiger partial charge >= 0.3 is 0 Å². The van der Waals surface area contributed by atoms with Gasteiger partial charge in [0, 0.05) is 30.4 Å². The van der Waals surface area contributed by atoms with Crippen molar-refractivity contribution in [3.8, 4) is 0 Å².